The highest BCUT2D eigenvalue weighted by Crippen LogP contribution is 2.29. The molecule has 96 valence electrons. The van der Waals surface area contributed by atoms with Crippen molar-refractivity contribution in [2.24, 2.45) is 0 Å². The van der Waals surface area contributed by atoms with Crippen molar-refractivity contribution in [3.05, 3.63) is 29.8 Å². The zero-order valence-corrected chi connectivity index (χ0v) is 9.90. The lowest BCUT2D eigenvalue weighted by Crippen LogP contribution is -2.16. The van der Waals surface area contributed by atoms with Crippen LogP contribution in [-0.2, 0) is 16.2 Å². The van der Waals surface area contributed by atoms with Crippen LogP contribution in [0, 0.1) is 0 Å². The third kappa shape index (κ3) is 4.26. The molecule has 0 fully saturated rings. The van der Waals surface area contributed by atoms with Gasteiger partial charge in [0.2, 0.25) is 10.0 Å². The number of anilines is 1. The highest BCUT2D eigenvalue weighted by Gasteiger charge is 2.30. The summed E-state index contributed by atoms with van der Waals surface area (Å²) in [7, 11) is -3.46. The minimum absolute atomic E-state index is 0.0615. The quantitative estimate of drug-likeness (QED) is 0.911. The summed E-state index contributed by atoms with van der Waals surface area (Å²) < 4.78 is 61.6. The molecule has 0 aromatic heterocycles. The van der Waals surface area contributed by atoms with Crippen molar-refractivity contribution in [2.75, 3.05) is 10.5 Å². The van der Waals surface area contributed by atoms with E-state index in [1.165, 1.54) is 0 Å². The van der Waals surface area contributed by atoms with E-state index in [1.54, 1.807) is 6.92 Å². The summed E-state index contributed by atoms with van der Waals surface area (Å²) in [6, 6.07) is 3.86. The molecule has 1 aromatic carbocycles. The minimum atomic E-state index is -4.42. The van der Waals surface area contributed by atoms with Crippen LogP contribution in [0.1, 0.15) is 18.9 Å². The van der Waals surface area contributed by atoms with Gasteiger partial charge in [0.25, 0.3) is 0 Å². The van der Waals surface area contributed by atoms with Gasteiger partial charge in [-0.3, -0.25) is 4.72 Å². The molecular formula is C10H12F3NO2S. The fourth-order valence-electron chi connectivity index (χ4n) is 1.23. The Labute approximate surface area is 97.7 Å². The van der Waals surface area contributed by atoms with Crippen LogP contribution in [0.25, 0.3) is 0 Å². The van der Waals surface area contributed by atoms with E-state index in [2.05, 4.69) is 4.72 Å². The Morgan fingerprint density at radius 1 is 1.18 bits per heavy atom. The Bertz CT molecular complexity index is 465. The number of hydrogen-bond donors (Lipinski definition) is 1. The number of alkyl halides is 3. The largest absolute Gasteiger partial charge is 0.416 e. The van der Waals surface area contributed by atoms with Crippen molar-refractivity contribution >= 4 is 15.7 Å². The van der Waals surface area contributed by atoms with Gasteiger partial charge in [-0.1, -0.05) is 6.92 Å². The predicted octanol–water partition coefficient (Wildman–Crippen LogP) is 2.86. The average molecular weight is 267 g/mol. The molecule has 1 aromatic rings. The molecule has 0 spiro atoms. The van der Waals surface area contributed by atoms with Gasteiger partial charge in [-0.25, -0.2) is 8.42 Å². The van der Waals surface area contributed by atoms with Gasteiger partial charge in [0.05, 0.1) is 11.3 Å². The number of nitrogens with one attached hydrogen (secondary N) is 1. The Balaban J connectivity index is 2.83. The third-order valence-corrected chi connectivity index (χ3v) is 3.45. The Hall–Kier alpha value is -1.24. The van der Waals surface area contributed by atoms with Gasteiger partial charge >= 0.3 is 6.18 Å². The van der Waals surface area contributed by atoms with Crippen molar-refractivity contribution in [2.45, 2.75) is 19.5 Å². The maximum atomic E-state index is 12.2. The van der Waals surface area contributed by atoms with Crippen molar-refractivity contribution in [1.29, 1.82) is 0 Å². The first-order chi connectivity index (χ1) is 7.74. The lowest BCUT2D eigenvalue weighted by Gasteiger charge is -2.09. The second-order valence-electron chi connectivity index (χ2n) is 3.50. The van der Waals surface area contributed by atoms with E-state index in [1.807, 2.05) is 0 Å². The van der Waals surface area contributed by atoms with E-state index in [-0.39, 0.29) is 11.4 Å². The fraction of sp³-hybridized carbons (Fsp3) is 0.400. The van der Waals surface area contributed by atoms with Crippen LogP contribution < -0.4 is 4.72 Å². The molecule has 7 heteroatoms. The normalized spacial score (nSPS) is 12.5. The van der Waals surface area contributed by atoms with E-state index in [9.17, 15) is 21.6 Å². The number of sulfonamides is 1. The molecule has 0 heterocycles. The number of benzene rings is 1. The fourth-order valence-corrected chi connectivity index (χ4v) is 2.36. The van der Waals surface area contributed by atoms with Crippen molar-refractivity contribution in [3.63, 3.8) is 0 Å². The first-order valence-electron chi connectivity index (χ1n) is 4.92. The van der Waals surface area contributed by atoms with Crippen LogP contribution in [0.3, 0.4) is 0 Å². The summed E-state index contributed by atoms with van der Waals surface area (Å²) in [6.07, 6.45) is -3.98. The first kappa shape index (κ1) is 13.8. The van der Waals surface area contributed by atoms with Crippen molar-refractivity contribution < 1.29 is 21.6 Å². The van der Waals surface area contributed by atoms with Crippen LogP contribution in [0.2, 0.25) is 0 Å². The number of hydrogen-bond acceptors (Lipinski definition) is 2. The van der Waals surface area contributed by atoms with Crippen LogP contribution in [0.15, 0.2) is 24.3 Å². The van der Waals surface area contributed by atoms with Crippen molar-refractivity contribution in [1.82, 2.24) is 0 Å². The molecule has 0 saturated carbocycles. The molecule has 0 bridgehead atoms. The highest BCUT2D eigenvalue weighted by molar-refractivity contribution is 7.92. The minimum Gasteiger partial charge on any atom is -0.284 e. The highest BCUT2D eigenvalue weighted by atomic mass is 32.2. The standard InChI is InChI=1S/C10H12F3NO2S/c1-2-7-17(15,16)14-9-5-3-8(4-6-9)10(11,12)13/h3-6,14H,2,7H2,1H3. The van der Waals surface area contributed by atoms with E-state index < -0.39 is 21.8 Å². The molecule has 1 N–H and O–H groups in total. The van der Waals surface area contributed by atoms with Crippen molar-refractivity contribution in [3.8, 4) is 0 Å². The number of rotatable bonds is 4. The predicted molar refractivity (Wildman–Crippen MR) is 59.1 cm³/mol. The lowest BCUT2D eigenvalue weighted by atomic mass is 10.2. The lowest BCUT2D eigenvalue weighted by molar-refractivity contribution is -0.137. The van der Waals surface area contributed by atoms with Gasteiger partial charge in [0.1, 0.15) is 0 Å². The van der Waals surface area contributed by atoms with Gasteiger partial charge in [0, 0.05) is 5.69 Å². The smallest absolute Gasteiger partial charge is 0.284 e. The molecule has 0 aliphatic carbocycles. The van der Waals surface area contributed by atoms with Gasteiger partial charge in [-0.2, -0.15) is 13.2 Å². The topological polar surface area (TPSA) is 46.2 Å². The van der Waals surface area contributed by atoms with Gasteiger partial charge in [-0.15, -0.1) is 0 Å². The van der Waals surface area contributed by atoms with E-state index in [0.29, 0.717) is 6.42 Å². The van der Waals surface area contributed by atoms with Gasteiger partial charge in [0.15, 0.2) is 0 Å². The molecule has 0 unspecified atom stereocenters. The van der Waals surface area contributed by atoms with Crippen LogP contribution in [-0.4, -0.2) is 14.2 Å². The molecule has 0 radical (unpaired) electrons. The van der Waals surface area contributed by atoms with E-state index in [0.717, 1.165) is 24.3 Å². The van der Waals surface area contributed by atoms with Gasteiger partial charge < -0.3 is 0 Å². The molecule has 0 aliphatic heterocycles. The average Bonchev–Trinajstić information content (AvgIpc) is 2.16. The first-order valence-corrected chi connectivity index (χ1v) is 6.57. The van der Waals surface area contributed by atoms with Crippen LogP contribution >= 0.6 is 0 Å². The molecule has 1 rings (SSSR count). The summed E-state index contributed by atoms with van der Waals surface area (Å²) >= 11 is 0. The van der Waals surface area contributed by atoms with E-state index in [4.69, 9.17) is 0 Å². The summed E-state index contributed by atoms with van der Waals surface area (Å²) in [5.74, 6) is -0.0615. The monoisotopic (exact) mass is 267 g/mol. The Morgan fingerprint density at radius 2 is 1.71 bits per heavy atom. The second-order valence-corrected chi connectivity index (χ2v) is 5.34. The van der Waals surface area contributed by atoms with Crippen LogP contribution in [0.4, 0.5) is 18.9 Å². The summed E-state index contributed by atoms with van der Waals surface area (Å²) in [5, 5.41) is 0. The second kappa shape index (κ2) is 4.95. The summed E-state index contributed by atoms with van der Waals surface area (Å²) in [5.41, 5.74) is -0.678. The molecule has 3 nitrogen and oxygen atoms in total. The third-order valence-electron chi connectivity index (χ3n) is 1.96. The molecule has 17 heavy (non-hydrogen) atoms. The molecular weight excluding hydrogens is 255 g/mol. The van der Waals surface area contributed by atoms with Gasteiger partial charge in [-0.05, 0) is 30.7 Å². The zero-order valence-electron chi connectivity index (χ0n) is 9.08. The molecule has 0 saturated heterocycles. The Kier molecular flexibility index (Phi) is 4.03. The summed E-state index contributed by atoms with van der Waals surface area (Å²) in [6.45, 7) is 1.70. The van der Waals surface area contributed by atoms with E-state index >= 15 is 0 Å². The summed E-state index contributed by atoms with van der Waals surface area (Å²) in [4.78, 5) is 0. The zero-order chi connectivity index (χ0) is 13.1. The molecule has 0 amide bonds. The molecule has 0 atom stereocenters. The SMILES string of the molecule is CCCS(=O)(=O)Nc1ccc(C(F)(F)F)cc1. The maximum absolute atomic E-state index is 12.2. The van der Waals surface area contributed by atoms with Crippen LogP contribution in [0.5, 0.6) is 0 Å². The number of halogens is 3. The Morgan fingerprint density at radius 3 is 2.12 bits per heavy atom. The maximum Gasteiger partial charge on any atom is 0.416 e. The molecule has 0 aliphatic rings.